The first-order valence-corrected chi connectivity index (χ1v) is 5.69. The van der Waals surface area contributed by atoms with Crippen LogP contribution in [0.2, 0.25) is 0 Å². The normalized spacial score (nSPS) is 27.1. The zero-order valence-corrected chi connectivity index (χ0v) is 9.27. The van der Waals surface area contributed by atoms with Crippen molar-refractivity contribution in [1.29, 1.82) is 0 Å². The van der Waals surface area contributed by atoms with E-state index in [-0.39, 0.29) is 0 Å². The molecule has 1 atom stereocenters. The molecule has 1 N–H and O–H groups in total. The second kappa shape index (κ2) is 5.43. The molecule has 13 heavy (non-hydrogen) atoms. The van der Waals surface area contributed by atoms with Gasteiger partial charge in [-0.3, -0.25) is 0 Å². The Morgan fingerprint density at radius 1 is 1.46 bits per heavy atom. The van der Waals surface area contributed by atoms with Gasteiger partial charge in [0.05, 0.1) is 0 Å². The molecular formula is C12H23N. The van der Waals surface area contributed by atoms with Crippen molar-refractivity contribution < 1.29 is 0 Å². The van der Waals surface area contributed by atoms with E-state index in [1.807, 2.05) is 0 Å². The zero-order valence-electron chi connectivity index (χ0n) is 9.27. The molecule has 1 aliphatic rings. The number of allylic oxidation sites excluding steroid dienone is 1. The summed E-state index contributed by atoms with van der Waals surface area (Å²) in [5.41, 5.74) is 1.63. The zero-order chi connectivity index (χ0) is 9.68. The van der Waals surface area contributed by atoms with Crippen LogP contribution in [0.15, 0.2) is 11.6 Å². The van der Waals surface area contributed by atoms with Gasteiger partial charge >= 0.3 is 0 Å². The Balaban J connectivity index is 2.42. The Kier molecular flexibility index (Phi) is 4.51. The minimum Gasteiger partial charge on any atom is -0.311 e. The SMILES string of the molecule is CCC(/C=C1/CCC(C)NC1)CC. The highest BCUT2D eigenvalue weighted by Crippen LogP contribution is 2.18. The molecule has 0 aliphatic carbocycles. The lowest BCUT2D eigenvalue weighted by atomic mass is 9.94. The van der Waals surface area contributed by atoms with Gasteiger partial charge in [0.25, 0.3) is 0 Å². The molecule has 0 aromatic carbocycles. The van der Waals surface area contributed by atoms with Crippen LogP contribution in [0, 0.1) is 5.92 Å². The molecular weight excluding hydrogens is 158 g/mol. The van der Waals surface area contributed by atoms with Crippen molar-refractivity contribution >= 4 is 0 Å². The molecule has 1 nitrogen and oxygen atoms in total. The van der Waals surface area contributed by atoms with Crippen LogP contribution in [-0.4, -0.2) is 12.6 Å². The van der Waals surface area contributed by atoms with Crippen molar-refractivity contribution in [3.05, 3.63) is 11.6 Å². The topological polar surface area (TPSA) is 12.0 Å². The third-order valence-electron chi connectivity index (χ3n) is 3.10. The van der Waals surface area contributed by atoms with E-state index in [9.17, 15) is 0 Å². The largest absolute Gasteiger partial charge is 0.311 e. The highest BCUT2D eigenvalue weighted by molar-refractivity contribution is 5.09. The predicted molar refractivity (Wildman–Crippen MR) is 58.9 cm³/mol. The third kappa shape index (κ3) is 3.51. The Bertz CT molecular complexity index is 158. The summed E-state index contributed by atoms with van der Waals surface area (Å²) in [4.78, 5) is 0. The maximum atomic E-state index is 3.52. The summed E-state index contributed by atoms with van der Waals surface area (Å²) >= 11 is 0. The highest BCUT2D eigenvalue weighted by Gasteiger charge is 2.11. The first-order valence-electron chi connectivity index (χ1n) is 5.69. The lowest BCUT2D eigenvalue weighted by Crippen LogP contribution is -2.32. The molecule has 1 unspecified atom stereocenters. The lowest BCUT2D eigenvalue weighted by molar-refractivity contribution is 0.479. The summed E-state index contributed by atoms with van der Waals surface area (Å²) in [6, 6.07) is 0.721. The minimum atomic E-state index is 0.721. The van der Waals surface area contributed by atoms with Crippen LogP contribution >= 0.6 is 0 Å². The van der Waals surface area contributed by atoms with E-state index in [0.717, 1.165) is 18.5 Å². The Morgan fingerprint density at radius 2 is 2.15 bits per heavy atom. The first-order chi connectivity index (χ1) is 6.26. The number of hydrogen-bond donors (Lipinski definition) is 1. The van der Waals surface area contributed by atoms with Gasteiger partial charge in [0.1, 0.15) is 0 Å². The summed E-state index contributed by atoms with van der Waals surface area (Å²) in [7, 11) is 0. The molecule has 0 saturated carbocycles. The molecule has 0 radical (unpaired) electrons. The van der Waals surface area contributed by atoms with E-state index in [1.54, 1.807) is 5.57 Å². The fourth-order valence-corrected chi connectivity index (χ4v) is 1.90. The van der Waals surface area contributed by atoms with Crippen LogP contribution in [0.25, 0.3) is 0 Å². The maximum absolute atomic E-state index is 3.52. The van der Waals surface area contributed by atoms with E-state index in [4.69, 9.17) is 0 Å². The van der Waals surface area contributed by atoms with Gasteiger partial charge in [0.2, 0.25) is 0 Å². The lowest BCUT2D eigenvalue weighted by Gasteiger charge is -2.23. The number of nitrogens with one attached hydrogen (secondary N) is 1. The third-order valence-corrected chi connectivity index (χ3v) is 3.10. The van der Waals surface area contributed by atoms with Gasteiger partial charge in [0, 0.05) is 12.6 Å². The van der Waals surface area contributed by atoms with Gasteiger partial charge in [-0.25, -0.2) is 0 Å². The maximum Gasteiger partial charge on any atom is 0.0167 e. The molecule has 1 rings (SSSR count). The summed E-state index contributed by atoms with van der Waals surface area (Å²) < 4.78 is 0. The number of hydrogen-bond acceptors (Lipinski definition) is 1. The molecule has 76 valence electrons. The summed E-state index contributed by atoms with van der Waals surface area (Å²) in [6.07, 6.45) is 7.70. The van der Waals surface area contributed by atoms with Gasteiger partial charge < -0.3 is 5.32 Å². The van der Waals surface area contributed by atoms with E-state index in [2.05, 4.69) is 32.2 Å². The number of piperidine rings is 1. The van der Waals surface area contributed by atoms with Crippen LogP contribution in [0.5, 0.6) is 0 Å². The van der Waals surface area contributed by atoms with Gasteiger partial charge in [0.15, 0.2) is 0 Å². The van der Waals surface area contributed by atoms with Gasteiger partial charge in [-0.05, 0) is 38.5 Å². The van der Waals surface area contributed by atoms with Crippen LogP contribution in [0.3, 0.4) is 0 Å². The molecule has 0 amide bonds. The van der Waals surface area contributed by atoms with Crippen molar-refractivity contribution in [2.75, 3.05) is 6.54 Å². The van der Waals surface area contributed by atoms with Crippen LogP contribution < -0.4 is 5.32 Å². The molecule has 0 aromatic rings. The van der Waals surface area contributed by atoms with Crippen molar-refractivity contribution in [1.82, 2.24) is 5.32 Å². The second-order valence-corrected chi connectivity index (χ2v) is 4.22. The molecule has 1 heteroatoms. The Labute approximate surface area is 82.6 Å². The molecule has 0 bridgehead atoms. The first kappa shape index (κ1) is 10.8. The van der Waals surface area contributed by atoms with Crippen LogP contribution in [0.4, 0.5) is 0 Å². The van der Waals surface area contributed by atoms with E-state index >= 15 is 0 Å². The van der Waals surface area contributed by atoms with E-state index in [0.29, 0.717) is 0 Å². The smallest absolute Gasteiger partial charge is 0.0167 e. The monoisotopic (exact) mass is 181 g/mol. The summed E-state index contributed by atoms with van der Waals surface area (Å²) in [5, 5.41) is 3.52. The van der Waals surface area contributed by atoms with Crippen LogP contribution in [0.1, 0.15) is 46.5 Å². The fraction of sp³-hybridized carbons (Fsp3) is 0.833. The molecule has 1 saturated heterocycles. The van der Waals surface area contributed by atoms with E-state index < -0.39 is 0 Å². The fourth-order valence-electron chi connectivity index (χ4n) is 1.90. The van der Waals surface area contributed by atoms with Crippen molar-refractivity contribution in [3.63, 3.8) is 0 Å². The van der Waals surface area contributed by atoms with Crippen molar-refractivity contribution in [2.45, 2.75) is 52.5 Å². The molecule has 0 aromatic heterocycles. The quantitative estimate of drug-likeness (QED) is 0.660. The van der Waals surface area contributed by atoms with Crippen molar-refractivity contribution in [2.24, 2.45) is 5.92 Å². The minimum absolute atomic E-state index is 0.721. The standard InChI is InChI=1S/C12H23N/c1-4-11(5-2)8-12-7-6-10(3)13-9-12/h8,10-11,13H,4-7,9H2,1-3H3/b12-8-. The highest BCUT2D eigenvalue weighted by atomic mass is 14.9. The summed E-state index contributed by atoms with van der Waals surface area (Å²) in [5.74, 6) is 0.810. The Morgan fingerprint density at radius 3 is 2.62 bits per heavy atom. The average molecular weight is 181 g/mol. The van der Waals surface area contributed by atoms with Crippen molar-refractivity contribution in [3.8, 4) is 0 Å². The predicted octanol–water partition coefficient (Wildman–Crippen LogP) is 3.12. The van der Waals surface area contributed by atoms with E-state index in [1.165, 1.54) is 25.7 Å². The molecule has 1 aliphatic heterocycles. The molecule has 0 spiro atoms. The van der Waals surface area contributed by atoms with Gasteiger partial charge in [-0.2, -0.15) is 0 Å². The molecule has 1 heterocycles. The summed E-state index contributed by atoms with van der Waals surface area (Å²) in [6.45, 7) is 7.96. The van der Waals surface area contributed by atoms with Gasteiger partial charge in [-0.1, -0.05) is 25.5 Å². The molecule has 1 fully saturated rings. The number of rotatable bonds is 3. The Hall–Kier alpha value is -0.300. The average Bonchev–Trinajstić information content (AvgIpc) is 2.17. The van der Waals surface area contributed by atoms with Crippen LogP contribution in [-0.2, 0) is 0 Å². The second-order valence-electron chi connectivity index (χ2n) is 4.22. The van der Waals surface area contributed by atoms with Gasteiger partial charge in [-0.15, -0.1) is 0 Å².